The molecule has 5 nitrogen and oxygen atoms in total. The minimum atomic E-state index is -0.753. The Balaban J connectivity index is 3.67. The summed E-state index contributed by atoms with van der Waals surface area (Å²) >= 11 is 0. The smallest absolute Gasteiger partial charge is 0.305 e. The summed E-state index contributed by atoms with van der Waals surface area (Å²) in [6.07, 6.45) is 0.833. The maximum atomic E-state index is 10.7. The lowest BCUT2D eigenvalue weighted by Crippen LogP contribution is -2.18. The molecule has 80 valence electrons. The van der Waals surface area contributed by atoms with Gasteiger partial charge in [0.15, 0.2) is 12.4 Å². The highest BCUT2D eigenvalue weighted by Crippen LogP contribution is 2.04. The summed E-state index contributed by atoms with van der Waals surface area (Å²) in [7, 11) is 1.30. The van der Waals surface area contributed by atoms with Crippen LogP contribution >= 0.6 is 0 Å². The van der Waals surface area contributed by atoms with E-state index in [0.717, 1.165) is 0 Å². The zero-order valence-corrected chi connectivity index (χ0v) is 8.32. The topological polar surface area (TPSA) is 69.7 Å². The van der Waals surface area contributed by atoms with Gasteiger partial charge in [-0.05, 0) is 12.8 Å². The number of aldehydes is 1. The fourth-order valence-electron chi connectivity index (χ4n) is 0.918. The molecule has 0 spiro atoms. The van der Waals surface area contributed by atoms with Crippen molar-refractivity contribution in [2.75, 3.05) is 7.11 Å². The Bertz CT molecular complexity index is 211. The molecular formula is C9H14O5. The van der Waals surface area contributed by atoms with Crippen molar-refractivity contribution in [3.63, 3.8) is 0 Å². The number of hydrogen-bond acceptors (Lipinski definition) is 5. The van der Waals surface area contributed by atoms with E-state index in [4.69, 9.17) is 0 Å². The van der Waals surface area contributed by atoms with Crippen LogP contribution in [0.25, 0.3) is 0 Å². The summed E-state index contributed by atoms with van der Waals surface area (Å²) in [5, 5.41) is 0. The van der Waals surface area contributed by atoms with Crippen LogP contribution in [-0.2, 0) is 23.9 Å². The Morgan fingerprint density at radius 3 is 2.50 bits per heavy atom. The second-order valence-corrected chi connectivity index (χ2v) is 2.75. The second kappa shape index (κ2) is 7.06. The molecule has 0 amide bonds. The van der Waals surface area contributed by atoms with Gasteiger partial charge in [0.25, 0.3) is 0 Å². The summed E-state index contributed by atoms with van der Waals surface area (Å²) in [6, 6.07) is 0. The highest BCUT2D eigenvalue weighted by Gasteiger charge is 2.11. The third kappa shape index (κ3) is 6.16. The van der Waals surface area contributed by atoms with Gasteiger partial charge < -0.3 is 9.47 Å². The molecule has 0 aliphatic carbocycles. The molecule has 0 fully saturated rings. The first kappa shape index (κ1) is 12.6. The van der Waals surface area contributed by atoms with E-state index >= 15 is 0 Å². The fourth-order valence-corrected chi connectivity index (χ4v) is 0.918. The first-order valence-corrected chi connectivity index (χ1v) is 4.29. The molecule has 0 saturated heterocycles. The van der Waals surface area contributed by atoms with Gasteiger partial charge in [-0.25, -0.2) is 0 Å². The van der Waals surface area contributed by atoms with Gasteiger partial charge >= 0.3 is 11.9 Å². The number of methoxy groups -OCH3 is 1. The highest BCUT2D eigenvalue weighted by atomic mass is 16.5. The van der Waals surface area contributed by atoms with E-state index in [2.05, 4.69) is 9.47 Å². The van der Waals surface area contributed by atoms with Crippen molar-refractivity contribution < 1.29 is 23.9 Å². The number of rotatable bonds is 6. The predicted octanol–water partition coefficient (Wildman–Crippen LogP) is 0.460. The van der Waals surface area contributed by atoms with E-state index in [1.54, 1.807) is 0 Å². The summed E-state index contributed by atoms with van der Waals surface area (Å²) in [4.78, 5) is 31.6. The Labute approximate surface area is 82.4 Å². The van der Waals surface area contributed by atoms with Gasteiger partial charge in [0.2, 0.25) is 0 Å². The Kier molecular flexibility index (Phi) is 6.36. The lowest BCUT2D eigenvalue weighted by Gasteiger charge is -2.09. The van der Waals surface area contributed by atoms with E-state index in [9.17, 15) is 14.4 Å². The van der Waals surface area contributed by atoms with Crippen molar-refractivity contribution in [1.29, 1.82) is 0 Å². The molecule has 0 saturated carbocycles. The van der Waals surface area contributed by atoms with E-state index < -0.39 is 12.1 Å². The van der Waals surface area contributed by atoms with Crippen LogP contribution in [0.3, 0.4) is 0 Å². The van der Waals surface area contributed by atoms with Crippen LogP contribution < -0.4 is 0 Å². The van der Waals surface area contributed by atoms with E-state index in [1.807, 2.05) is 0 Å². The summed E-state index contributed by atoms with van der Waals surface area (Å²) in [5.74, 6) is -0.836. The Morgan fingerprint density at radius 1 is 1.43 bits per heavy atom. The van der Waals surface area contributed by atoms with E-state index in [-0.39, 0.29) is 12.4 Å². The number of hydrogen-bond donors (Lipinski definition) is 0. The van der Waals surface area contributed by atoms with Crippen LogP contribution in [0, 0.1) is 0 Å². The van der Waals surface area contributed by atoms with Crippen molar-refractivity contribution in [2.24, 2.45) is 0 Å². The standard InChI is InChI=1S/C9H14O5/c1-7(11)14-8(6-10)4-3-5-9(12)13-2/h6,8H,3-5H2,1-2H3. The molecule has 0 heterocycles. The van der Waals surface area contributed by atoms with Crippen LogP contribution in [0.4, 0.5) is 0 Å². The van der Waals surface area contributed by atoms with E-state index in [1.165, 1.54) is 14.0 Å². The minimum absolute atomic E-state index is 0.224. The molecule has 1 atom stereocenters. The largest absolute Gasteiger partial charge is 0.469 e. The molecule has 0 aromatic heterocycles. The van der Waals surface area contributed by atoms with Crippen molar-refractivity contribution in [2.45, 2.75) is 32.3 Å². The second-order valence-electron chi connectivity index (χ2n) is 2.75. The summed E-state index contributed by atoms with van der Waals surface area (Å²) < 4.78 is 9.07. The van der Waals surface area contributed by atoms with Gasteiger partial charge in [-0.2, -0.15) is 0 Å². The van der Waals surface area contributed by atoms with Crippen molar-refractivity contribution >= 4 is 18.2 Å². The molecule has 0 aromatic carbocycles. The molecule has 0 aliphatic heterocycles. The van der Waals surface area contributed by atoms with Crippen LogP contribution in [0.2, 0.25) is 0 Å². The molecule has 0 rings (SSSR count). The number of carbonyl (C=O) groups excluding carboxylic acids is 3. The summed E-state index contributed by atoms with van der Waals surface area (Å²) in [6.45, 7) is 1.23. The van der Waals surface area contributed by atoms with Crippen molar-refractivity contribution in [1.82, 2.24) is 0 Å². The SMILES string of the molecule is COC(=O)CCCC(C=O)OC(C)=O. The van der Waals surface area contributed by atoms with Gasteiger partial charge in [-0.1, -0.05) is 0 Å². The lowest BCUT2D eigenvalue weighted by molar-refractivity contribution is -0.149. The maximum absolute atomic E-state index is 10.7. The fraction of sp³-hybridized carbons (Fsp3) is 0.667. The lowest BCUT2D eigenvalue weighted by atomic mass is 10.2. The first-order valence-electron chi connectivity index (χ1n) is 4.29. The van der Waals surface area contributed by atoms with E-state index in [0.29, 0.717) is 19.1 Å². The Hall–Kier alpha value is -1.39. The molecule has 5 heteroatoms. The normalized spacial score (nSPS) is 11.6. The third-order valence-corrected chi connectivity index (χ3v) is 1.57. The molecule has 0 aliphatic rings. The summed E-state index contributed by atoms with van der Waals surface area (Å²) in [5.41, 5.74) is 0. The van der Waals surface area contributed by atoms with Crippen molar-refractivity contribution in [3.8, 4) is 0 Å². The van der Waals surface area contributed by atoms with Gasteiger partial charge in [-0.3, -0.25) is 14.4 Å². The number of carbonyl (C=O) groups is 3. The zero-order chi connectivity index (χ0) is 11.0. The number of esters is 2. The van der Waals surface area contributed by atoms with Gasteiger partial charge in [0.1, 0.15) is 0 Å². The zero-order valence-electron chi connectivity index (χ0n) is 8.32. The molecule has 1 unspecified atom stereocenters. The number of ether oxygens (including phenoxy) is 2. The van der Waals surface area contributed by atoms with Crippen LogP contribution in [-0.4, -0.2) is 31.4 Å². The van der Waals surface area contributed by atoms with Crippen LogP contribution in [0.1, 0.15) is 26.2 Å². The average Bonchev–Trinajstić information content (AvgIpc) is 2.15. The molecule has 0 radical (unpaired) electrons. The quantitative estimate of drug-likeness (QED) is 0.462. The molecular weight excluding hydrogens is 188 g/mol. The molecule has 0 N–H and O–H groups in total. The van der Waals surface area contributed by atoms with Gasteiger partial charge in [0, 0.05) is 13.3 Å². The van der Waals surface area contributed by atoms with Gasteiger partial charge in [0.05, 0.1) is 7.11 Å². The first-order chi connectivity index (χ1) is 6.60. The van der Waals surface area contributed by atoms with Crippen LogP contribution in [0.15, 0.2) is 0 Å². The molecule has 0 bridgehead atoms. The minimum Gasteiger partial charge on any atom is -0.469 e. The molecule has 0 aromatic rings. The monoisotopic (exact) mass is 202 g/mol. The van der Waals surface area contributed by atoms with Crippen molar-refractivity contribution in [3.05, 3.63) is 0 Å². The maximum Gasteiger partial charge on any atom is 0.305 e. The highest BCUT2D eigenvalue weighted by molar-refractivity contribution is 5.70. The average molecular weight is 202 g/mol. The van der Waals surface area contributed by atoms with Gasteiger partial charge in [-0.15, -0.1) is 0 Å². The predicted molar refractivity (Wildman–Crippen MR) is 47.5 cm³/mol. The van der Waals surface area contributed by atoms with Crippen LogP contribution in [0.5, 0.6) is 0 Å². The Morgan fingerprint density at radius 2 is 2.07 bits per heavy atom. The third-order valence-electron chi connectivity index (χ3n) is 1.57. The molecule has 14 heavy (non-hydrogen) atoms.